The Morgan fingerprint density at radius 2 is 2.05 bits per heavy atom. The van der Waals surface area contributed by atoms with Crippen LogP contribution >= 0.6 is 11.6 Å². The van der Waals surface area contributed by atoms with Crippen molar-refractivity contribution in [3.8, 4) is 0 Å². The molecule has 0 N–H and O–H groups in total. The van der Waals surface area contributed by atoms with Gasteiger partial charge in [0.1, 0.15) is 0 Å². The van der Waals surface area contributed by atoms with Gasteiger partial charge in [0.2, 0.25) is 0 Å². The van der Waals surface area contributed by atoms with Crippen LogP contribution in [0, 0.1) is 0 Å². The van der Waals surface area contributed by atoms with E-state index >= 15 is 0 Å². The van der Waals surface area contributed by atoms with Crippen LogP contribution in [0.2, 0.25) is 5.02 Å². The highest BCUT2D eigenvalue weighted by Crippen LogP contribution is 2.21. The summed E-state index contributed by atoms with van der Waals surface area (Å²) in [6, 6.07) is 7.84. The minimum absolute atomic E-state index is 0.0606. The van der Waals surface area contributed by atoms with Crippen LogP contribution in [-0.2, 0) is 6.54 Å². The normalized spacial score (nSPS) is 15.2. The van der Waals surface area contributed by atoms with Crippen LogP contribution in [0.1, 0.15) is 17.3 Å². The first-order valence-corrected chi connectivity index (χ1v) is 7.87. The topological polar surface area (TPSA) is 41.4 Å². The summed E-state index contributed by atoms with van der Waals surface area (Å²) in [7, 11) is 0. The van der Waals surface area contributed by atoms with E-state index in [-0.39, 0.29) is 5.91 Å². The molecule has 1 aliphatic rings. The number of piperazine rings is 1. The number of hydrogen-bond donors (Lipinski definition) is 0. The minimum atomic E-state index is 0.0606. The maximum atomic E-state index is 12.5. The molecule has 116 valence electrons. The average Bonchev–Trinajstić information content (AvgIpc) is 3.03. The zero-order valence-electron chi connectivity index (χ0n) is 12.6. The van der Waals surface area contributed by atoms with Gasteiger partial charge in [-0.15, -0.1) is 0 Å². The van der Waals surface area contributed by atoms with E-state index in [1.54, 1.807) is 10.9 Å². The Balaban J connectivity index is 1.62. The van der Waals surface area contributed by atoms with Crippen molar-refractivity contribution in [2.45, 2.75) is 13.5 Å². The smallest absolute Gasteiger partial charge is 0.257 e. The molecule has 2 heterocycles. The molecule has 1 saturated heterocycles. The van der Waals surface area contributed by atoms with Crippen molar-refractivity contribution in [3.63, 3.8) is 0 Å². The summed E-state index contributed by atoms with van der Waals surface area (Å²) in [5.41, 5.74) is 1.77. The lowest BCUT2D eigenvalue weighted by atomic mass is 10.2. The van der Waals surface area contributed by atoms with E-state index in [9.17, 15) is 4.79 Å². The first-order chi connectivity index (χ1) is 10.7. The first-order valence-electron chi connectivity index (χ1n) is 7.49. The van der Waals surface area contributed by atoms with Crippen LogP contribution in [-0.4, -0.2) is 46.8 Å². The van der Waals surface area contributed by atoms with Gasteiger partial charge in [0.25, 0.3) is 5.91 Å². The van der Waals surface area contributed by atoms with Crippen LogP contribution in [0.25, 0.3) is 0 Å². The second-order valence-corrected chi connectivity index (χ2v) is 5.78. The number of anilines is 1. The second-order valence-electron chi connectivity index (χ2n) is 5.34. The van der Waals surface area contributed by atoms with Crippen molar-refractivity contribution >= 4 is 23.2 Å². The maximum absolute atomic E-state index is 12.5. The lowest BCUT2D eigenvalue weighted by Gasteiger charge is -2.36. The number of nitrogens with zero attached hydrogens (tertiary/aromatic N) is 4. The third kappa shape index (κ3) is 3.09. The Morgan fingerprint density at radius 1 is 1.27 bits per heavy atom. The standard InChI is InChI=1S/C16H19ClN4O/c1-2-21-12-13(11-18-21)16(22)20-8-6-19(7-9-20)15-5-3-4-14(17)10-15/h3-5,10-12H,2,6-9H2,1H3. The summed E-state index contributed by atoms with van der Waals surface area (Å²) in [6.07, 6.45) is 3.46. The van der Waals surface area contributed by atoms with Gasteiger partial charge in [0.05, 0.1) is 11.8 Å². The highest BCUT2D eigenvalue weighted by atomic mass is 35.5. The Labute approximate surface area is 135 Å². The second kappa shape index (κ2) is 6.40. The number of benzene rings is 1. The van der Waals surface area contributed by atoms with Gasteiger partial charge >= 0.3 is 0 Å². The monoisotopic (exact) mass is 318 g/mol. The number of aryl methyl sites for hydroxylation is 1. The zero-order chi connectivity index (χ0) is 15.5. The number of halogens is 1. The van der Waals surface area contributed by atoms with Gasteiger partial charge in [0, 0.05) is 49.6 Å². The van der Waals surface area contributed by atoms with Gasteiger partial charge in [-0.05, 0) is 25.1 Å². The highest BCUT2D eigenvalue weighted by molar-refractivity contribution is 6.30. The van der Waals surface area contributed by atoms with Crippen molar-refractivity contribution in [3.05, 3.63) is 47.2 Å². The molecule has 0 bridgehead atoms. The molecule has 0 unspecified atom stereocenters. The highest BCUT2D eigenvalue weighted by Gasteiger charge is 2.23. The summed E-state index contributed by atoms with van der Waals surface area (Å²) in [4.78, 5) is 16.6. The van der Waals surface area contributed by atoms with E-state index in [0.29, 0.717) is 18.7 Å². The Kier molecular flexibility index (Phi) is 4.34. The van der Waals surface area contributed by atoms with E-state index in [4.69, 9.17) is 11.6 Å². The molecule has 1 fully saturated rings. The zero-order valence-corrected chi connectivity index (χ0v) is 13.3. The van der Waals surface area contributed by atoms with Gasteiger partial charge in [-0.2, -0.15) is 5.10 Å². The fraction of sp³-hybridized carbons (Fsp3) is 0.375. The molecule has 5 nitrogen and oxygen atoms in total. The predicted molar refractivity (Wildman–Crippen MR) is 87.5 cm³/mol. The number of carbonyl (C=O) groups excluding carboxylic acids is 1. The minimum Gasteiger partial charge on any atom is -0.368 e. The molecule has 1 aliphatic heterocycles. The summed E-state index contributed by atoms with van der Waals surface area (Å²) < 4.78 is 1.77. The Hall–Kier alpha value is -2.01. The summed E-state index contributed by atoms with van der Waals surface area (Å²) in [5.74, 6) is 0.0606. The SMILES string of the molecule is CCn1cc(C(=O)N2CCN(c3cccc(Cl)c3)CC2)cn1. The molecule has 0 spiro atoms. The fourth-order valence-electron chi connectivity index (χ4n) is 2.67. The van der Waals surface area contributed by atoms with Crippen LogP contribution in [0.5, 0.6) is 0 Å². The fourth-order valence-corrected chi connectivity index (χ4v) is 2.85. The summed E-state index contributed by atoms with van der Waals surface area (Å²) in [5, 5.41) is 4.91. The van der Waals surface area contributed by atoms with Gasteiger partial charge in [-0.3, -0.25) is 9.48 Å². The van der Waals surface area contributed by atoms with Crippen LogP contribution in [0.4, 0.5) is 5.69 Å². The summed E-state index contributed by atoms with van der Waals surface area (Å²) in [6.45, 7) is 5.83. The van der Waals surface area contributed by atoms with E-state index in [1.165, 1.54) is 0 Å². The van der Waals surface area contributed by atoms with Crippen molar-refractivity contribution in [2.24, 2.45) is 0 Å². The molecule has 2 aromatic rings. The van der Waals surface area contributed by atoms with Crippen molar-refractivity contribution in [2.75, 3.05) is 31.1 Å². The molecule has 3 rings (SSSR count). The molecule has 1 amide bonds. The predicted octanol–water partition coefficient (Wildman–Crippen LogP) is 2.52. The van der Waals surface area contributed by atoms with Crippen LogP contribution in [0.3, 0.4) is 0 Å². The quantitative estimate of drug-likeness (QED) is 0.873. The summed E-state index contributed by atoms with van der Waals surface area (Å²) >= 11 is 6.04. The van der Waals surface area contributed by atoms with Crippen molar-refractivity contribution in [1.82, 2.24) is 14.7 Å². The molecule has 0 aliphatic carbocycles. The number of hydrogen-bond acceptors (Lipinski definition) is 3. The molecular formula is C16H19ClN4O. The molecule has 6 heteroatoms. The molecule has 0 saturated carbocycles. The van der Waals surface area contributed by atoms with Crippen LogP contribution in [0.15, 0.2) is 36.7 Å². The molecule has 0 radical (unpaired) electrons. The van der Waals surface area contributed by atoms with E-state index in [2.05, 4.69) is 16.1 Å². The number of rotatable bonds is 3. The molecule has 1 aromatic carbocycles. The molecule has 0 atom stereocenters. The Bertz CT molecular complexity index is 662. The molecular weight excluding hydrogens is 300 g/mol. The third-order valence-electron chi connectivity index (χ3n) is 3.94. The van der Waals surface area contributed by atoms with Crippen molar-refractivity contribution < 1.29 is 4.79 Å². The van der Waals surface area contributed by atoms with E-state index < -0.39 is 0 Å². The lowest BCUT2D eigenvalue weighted by molar-refractivity contribution is 0.0746. The number of carbonyl (C=O) groups is 1. The van der Waals surface area contributed by atoms with Gasteiger partial charge < -0.3 is 9.80 Å². The molecule has 1 aromatic heterocycles. The Morgan fingerprint density at radius 3 is 2.68 bits per heavy atom. The maximum Gasteiger partial charge on any atom is 0.257 e. The van der Waals surface area contributed by atoms with E-state index in [0.717, 1.165) is 30.3 Å². The number of aromatic nitrogens is 2. The van der Waals surface area contributed by atoms with Crippen LogP contribution < -0.4 is 4.90 Å². The average molecular weight is 319 g/mol. The lowest BCUT2D eigenvalue weighted by Crippen LogP contribution is -2.48. The van der Waals surface area contributed by atoms with E-state index in [1.807, 2.05) is 36.2 Å². The first kappa shape index (κ1) is 14.9. The van der Waals surface area contributed by atoms with Gasteiger partial charge in [-0.1, -0.05) is 17.7 Å². The third-order valence-corrected chi connectivity index (χ3v) is 4.18. The molecule has 22 heavy (non-hydrogen) atoms. The number of amides is 1. The van der Waals surface area contributed by atoms with Gasteiger partial charge in [0.15, 0.2) is 0 Å². The van der Waals surface area contributed by atoms with Crippen molar-refractivity contribution in [1.29, 1.82) is 0 Å². The van der Waals surface area contributed by atoms with Gasteiger partial charge in [-0.25, -0.2) is 0 Å². The largest absolute Gasteiger partial charge is 0.368 e.